The molecule has 172 valence electrons. The molecule has 0 bridgehead atoms. The van der Waals surface area contributed by atoms with Crippen molar-refractivity contribution in [2.75, 3.05) is 18.5 Å². The van der Waals surface area contributed by atoms with Gasteiger partial charge in [-0.05, 0) is 54.4 Å². The van der Waals surface area contributed by atoms with Crippen LogP contribution in [-0.4, -0.2) is 33.6 Å². The Hall–Kier alpha value is -3.43. The number of anilines is 1. The SMILES string of the molecule is CCc1ccc(NC(=O)c2cc(S(=O)(=O)NCC3COc4ccccc4O3)ccc2F)cc1. The average Bonchev–Trinajstić information content (AvgIpc) is 2.83. The van der Waals surface area contributed by atoms with Crippen LogP contribution in [-0.2, 0) is 16.4 Å². The second kappa shape index (κ2) is 9.60. The molecule has 7 nitrogen and oxygen atoms in total. The lowest BCUT2D eigenvalue weighted by Crippen LogP contribution is -2.40. The van der Waals surface area contributed by atoms with Crippen molar-refractivity contribution in [3.63, 3.8) is 0 Å². The number of ether oxygens (including phenoxy) is 2. The van der Waals surface area contributed by atoms with Crippen LogP contribution in [0.1, 0.15) is 22.8 Å². The molecule has 0 saturated carbocycles. The minimum atomic E-state index is -4.02. The third-order valence-electron chi connectivity index (χ3n) is 5.18. The Labute approximate surface area is 191 Å². The molecule has 0 fully saturated rings. The van der Waals surface area contributed by atoms with E-state index in [1.54, 1.807) is 30.3 Å². The lowest BCUT2D eigenvalue weighted by atomic mass is 10.1. The summed E-state index contributed by atoms with van der Waals surface area (Å²) in [5.74, 6) is -0.442. The van der Waals surface area contributed by atoms with Gasteiger partial charge < -0.3 is 14.8 Å². The van der Waals surface area contributed by atoms with Crippen molar-refractivity contribution in [2.45, 2.75) is 24.3 Å². The maximum absolute atomic E-state index is 14.3. The number of benzene rings is 3. The third-order valence-corrected chi connectivity index (χ3v) is 6.60. The smallest absolute Gasteiger partial charge is 0.258 e. The number of halogens is 1. The van der Waals surface area contributed by atoms with Crippen molar-refractivity contribution in [3.8, 4) is 11.5 Å². The van der Waals surface area contributed by atoms with Crippen molar-refractivity contribution >= 4 is 21.6 Å². The minimum absolute atomic E-state index is 0.0562. The van der Waals surface area contributed by atoms with E-state index in [4.69, 9.17) is 9.47 Å². The van der Waals surface area contributed by atoms with E-state index in [0.717, 1.165) is 30.2 Å². The van der Waals surface area contributed by atoms with E-state index in [1.807, 2.05) is 25.1 Å². The predicted molar refractivity (Wildman–Crippen MR) is 122 cm³/mol. The first-order valence-corrected chi connectivity index (χ1v) is 11.9. The Morgan fingerprint density at radius 1 is 1.06 bits per heavy atom. The summed E-state index contributed by atoms with van der Waals surface area (Å²) in [6.45, 7) is 2.13. The number of nitrogens with one attached hydrogen (secondary N) is 2. The quantitative estimate of drug-likeness (QED) is 0.549. The first kappa shape index (κ1) is 22.8. The molecule has 0 spiro atoms. The van der Waals surface area contributed by atoms with Crippen LogP contribution in [0.3, 0.4) is 0 Å². The molecule has 1 atom stereocenters. The lowest BCUT2D eigenvalue weighted by molar-refractivity contribution is 0.0943. The van der Waals surface area contributed by atoms with Gasteiger partial charge in [0.25, 0.3) is 5.91 Å². The van der Waals surface area contributed by atoms with Crippen molar-refractivity contribution in [2.24, 2.45) is 0 Å². The van der Waals surface area contributed by atoms with Gasteiger partial charge in [-0.25, -0.2) is 17.5 Å². The number of carbonyl (C=O) groups is 1. The van der Waals surface area contributed by atoms with E-state index in [2.05, 4.69) is 10.0 Å². The molecule has 4 rings (SSSR count). The Kier molecular flexibility index (Phi) is 6.62. The van der Waals surface area contributed by atoms with Gasteiger partial charge in [0.15, 0.2) is 11.5 Å². The standard InChI is InChI=1S/C24H23FN2O5S/c1-2-16-7-9-17(10-8-16)27-24(28)20-13-19(11-12-21(20)25)33(29,30)26-14-18-15-31-22-5-3-4-6-23(22)32-18/h3-13,18,26H,2,14-15H2,1H3,(H,27,28). The molecule has 3 aromatic carbocycles. The van der Waals surface area contributed by atoms with E-state index in [1.165, 1.54) is 0 Å². The zero-order valence-electron chi connectivity index (χ0n) is 17.9. The fourth-order valence-electron chi connectivity index (χ4n) is 3.32. The number of amides is 1. The maximum atomic E-state index is 14.3. The minimum Gasteiger partial charge on any atom is -0.486 e. The van der Waals surface area contributed by atoms with Gasteiger partial charge in [0.1, 0.15) is 18.5 Å². The van der Waals surface area contributed by atoms with E-state index >= 15 is 0 Å². The van der Waals surface area contributed by atoms with Crippen molar-refractivity contribution in [1.29, 1.82) is 0 Å². The van der Waals surface area contributed by atoms with Crippen LogP contribution < -0.4 is 19.5 Å². The van der Waals surface area contributed by atoms with Crippen molar-refractivity contribution < 1.29 is 27.1 Å². The van der Waals surface area contributed by atoms with Crippen LogP contribution in [0, 0.1) is 5.82 Å². The third kappa shape index (κ3) is 5.32. The van der Waals surface area contributed by atoms with Gasteiger partial charge in [0, 0.05) is 5.69 Å². The fraction of sp³-hybridized carbons (Fsp3) is 0.208. The second-order valence-electron chi connectivity index (χ2n) is 7.50. The molecule has 1 aliphatic heterocycles. The van der Waals surface area contributed by atoms with Gasteiger partial charge in [0.2, 0.25) is 10.0 Å². The lowest BCUT2D eigenvalue weighted by Gasteiger charge is -2.26. The molecule has 33 heavy (non-hydrogen) atoms. The van der Waals surface area contributed by atoms with Crippen molar-refractivity contribution in [1.82, 2.24) is 4.72 Å². The number of para-hydroxylation sites is 2. The first-order chi connectivity index (χ1) is 15.9. The van der Waals surface area contributed by atoms with Gasteiger partial charge in [-0.3, -0.25) is 4.79 Å². The molecule has 0 aliphatic carbocycles. The van der Waals surface area contributed by atoms with Crippen LogP contribution in [0.15, 0.2) is 71.6 Å². The number of aryl methyl sites for hydroxylation is 1. The number of rotatable bonds is 7. The van der Waals surface area contributed by atoms with Crippen LogP contribution in [0.5, 0.6) is 11.5 Å². The Morgan fingerprint density at radius 3 is 2.52 bits per heavy atom. The Bertz CT molecular complexity index is 1260. The number of fused-ring (bicyclic) bond motifs is 1. The van der Waals surface area contributed by atoms with Crippen LogP contribution >= 0.6 is 0 Å². The number of hydrogen-bond donors (Lipinski definition) is 2. The van der Waals surface area contributed by atoms with E-state index in [0.29, 0.717) is 17.2 Å². The first-order valence-electron chi connectivity index (χ1n) is 10.4. The Balaban J connectivity index is 1.44. The molecule has 1 amide bonds. The summed E-state index contributed by atoms with van der Waals surface area (Å²) >= 11 is 0. The van der Waals surface area contributed by atoms with E-state index in [9.17, 15) is 17.6 Å². The normalized spacial score (nSPS) is 15.2. The van der Waals surface area contributed by atoms with Crippen LogP contribution in [0.25, 0.3) is 0 Å². The summed E-state index contributed by atoms with van der Waals surface area (Å²) in [6.07, 6.45) is 0.310. The fourth-order valence-corrected chi connectivity index (χ4v) is 4.41. The van der Waals surface area contributed by atoms with Crippen LogP contribution in [0.4, 0.5) is 10.1 Å². The maximum Gasteiger partial charge on any atom is 0.258 e. The monoisotopic (exact) mass is 470 g/mol. The molecule has 0 saturated heterocycles. The number of hydrogen-bond acceptors (Lipinski definition) is 5. The summed E-state index contributed by atoms with van der Waals surface area (Å²) < 4.78 is 53.7. The number of carbonyl (C=O) groups excluding carboxylic acids is 1. The molecule has 2 N–H and O–H groups in total. The largest absolute Gasteiger partial charge is 0.486 e. The van der Waals surface area contributed by atoms with E-state index < -0.39 is 27.9 Å². The summed E-state index contributed by atoms with van der Waals surface area (Å²) in [4.78, 5) is 12.4. The highest BCUT2D eigenvalue weighted by molar-refractivity contribution is 7.89. The Morgan fingerprint density at radius 2 is 1.79 bits per heavy atom. The molecule has 0 aromatic heterocycles. The summed E-state index contributed by atoms with van der Waals surface area (Å²) in [5, 5.41) is 2.59. The molecular formula is C24H23FN2O5S. The molecular weight excluding hydrogens is 447 g/mol. The summed E-state index contributed by atoms with van der Waals surface area (Å²) in [5.41, 5.74) is 1.20. The summed E-state index contributed by atoms with van der Waals surface area (Å²) in [6, 6.07) is 17.3. The highest BCUT2D eigenvalue weighted by Crippen LogP contribution is 2.30. The molecule has 1 aliphatic rings. The van der Waals surface area contributed by atoms with Crippen molar-refractivity contribution in [3.05, 3.63) is 83.7 Å². The topological polar surface area (TPSA) is 93.7 Å². The molecule has 3 aromatic rings. The van der Waals surface area contributed by atoms with Gasteiger partial charge in [-0.2, -0.15) is 0 Å². The van der Waals surface area contributed by atoms with Crippen LogP contribution in [0.2, 0.25) is 0 Å². The average molecular weight is 471 g/mol. The molecule has 1 heterocycles. The molecule has 0 radical (unpaired) electrons. The molecule has 9 heteroatoms. The predicted octanol–water partition coefficient (Wildman–Crippen LogP) is 3.76. The second-order valence-corrected chi connectivity index (χ2v) is 9.26. The van der Waals surface area contributed by atoms with E-state index in [-0.39, 0.29) is 23.6 Å². The highest BCUT2D eigenvalue weighted by atomic mass is 32.2. The number of sulfonamides is 1. The highest BCUT2D eigenvalue weighted by Gasteiger charge is 2.24. The zero-order valence-corrected chi connectivity index (χ0v) is 18.7. The summed E-state index contributed by atoms with van der Waals surface area (Å²) in [7, 11) is -4.02. The zero-order chi connectivity index (χ0) is 23.4. The van der Waals surface area contributed by atoms with Gasteiger partial charge in [0.05, 0.1) is 17.0 Å². The van der Waals surface area contributed by atoms with Gasteiger partial charge >= 0.3 is 0 Å². The van der Waals surface area contributed by atoms with Gasteiger partial charge in [-0.15, -0.1) is 0 Å². The van der Waals surface area contributed by atoms with Gasteiger partial charge in [-0.1, -0.05) is 31.2 Å². The molecule has 1 unspecified atom stereocenters.